The monoisotopic (exact) mass is 347 g/mol. The van der Waals surface area contributed by atoms with Crippen molar-refractivity contribution in [1.29, 1.82) is 0 Å². The lowest BCUT2D eigenvalue weighted by Crippen LogP contribution is -2.14. The van der Waals surface area contributed by atoms with Gasteiger partial charge in [0.1, 0.15) is 4.90 Å². The van der Waals surface area contributed by atoms with E-state index in [1.807, 2.05) is 0 Å². The zero-order valence-electron chi connectivity index (χ0n) is 12.5. The number of nitrogens with one attached hydrogen (secondary N) is 1. The molecule has 3 rings (SSSR count). The van der Waals surface area contributed by atoms with Crippen LogP contribution in [0.3, 0.4) is 0 Å². The number of carboxylic acid groups (broad SMARTS) is 1. The summed E-state index contributed by atoms with van der Waals surface area (Å²) in [6.07, 6.45) is 4.06. The average Bonchev–Trinajstić information content (AvgIpc) is 3.16. The lowest BCUT2D eigenvalue weighted by molar-refractivity contribution is 0.0690. The highest BCUT2D eigenvalue weighted by atomic mass is 32.2. The summed E-state index contributed by atoms with van der Waals surface area (Å²) >= 11 is 0. The molecular weight excluding hydrogens is 334 g/mol. The Morgan fingerprint density at radius 1 is 1.25 bits per heavy atom. The molecule has 1 aromatic carbocycles. The highest BCUT2D eigenvalue weighted by Gasteiger charge is 2.19. The van der Waals surface area contributed by atoms with Crippen LogP contribution in [0.1, 0.15) is 10.5 Å². The summed E-state index contributed by atoms with van der Waals surface area (Å²) in [6.45, 7) is 0. The van der Waals surface area contributed by atoms with Crippen LogP contribution in [-0.4, -0.2) is 39.1 Å². The number of benzene rings is 1. The van der Waals surface area contributed by atoms with E-state index in [2.05, 4.69) is 14.9 Å². The van der Waals surface area contributed by atoms with E-state index < -0.39 is 16.0 Å². The molecule has 2 heterocycles. The molecule has 0 atom stereocenters. The van der Waals surface area contributed by atoms with Gasteiger partial charge in [-0.15, -0.1) is 0 Å². The molecule has 0 saturated heterocycles. The molecule has 0 bridgehead atoms. The summed E-state index contributed by atoms with van der Waals surface area (Å²) in [5, 5.41) is 16.7. The predicted octanol–water partition coefficient (Wildman–Crippen LogP) is 1.10. The van der Waals surface area contributed by atoms with Crippen LogP contribution in [0.2, 0.25) is 0 Å². The zero-order valence-corrected chi connectivity index (χ0v) is 13.3. The number of nitrogens with zero attached hydrogens (tertiary/aromatic N) is 4. The molecule has 2 aromatic heterocycles. The van der Waals surface area contributed by atoms with Crippen LogP contribution in [0.4, 0.5) is 5.69 Å². The van der Waals surface area contributed by atoms with E-state index >= 15 is 0 Å². The summed E-state index contributed by atoms with van der Waals surface area (Å²) in [6, 6.07) is 7.87. The molecule has 0 spiro atoms. The number of hydrogen-bond acceptors (Lipinski definition) is 5. The Kier molecular flexibility index (Phi) is 3.81. The molecule has 0 fully saturated rings. The fraction of sp³-hybridized carbons (Fsp3) is 0.0714. The molecule has 0 aliphatic rings. The number of aryl methyl sites for hydroxylation is 1. The van der Waals surface area contributed by atoms with Gasteiger partial charge in [0.2, 0.25) is 0 Å². The van der Waals surface area contributed by atoms with Gasteiger partial charge in [0.25, 0.3) is 10.0 Å². The number of rotatable bonds is 5. The van der Waals surface area contributed by atoms with Crippen LogP contribution in [0.15, 0.2) is 53.8 Å². The maximum atomic E-state index is 12.4. The fourth-order valence-electron chi connectivity index (χ4n) is 2.07. The SMILES string of the molecule is Cn1cc(S(=O)(=O)Nc2ccccc2-n2ccc(C(=O)O)n2)cn1. The lowest BCUT2D eigenvalue weighted by Gasteiger charge is -2.11. The first-order chi connectivity index (χ1) is 11.4. The Morgan fingerprint density at radius 2 is 2.00 bits per heavy atom. The minimum absolute atomic E-state index is 0.0199. The molecular formula is C14H13N5O4S. The standard InChI is InChI=1S/C14H13N5O4S/c1-18-9-10(8-15-18)24(22,23)17-11-4-2-3-5-13(11)19-7-6-12(16-19)14(20)21/h2-9,17H,1H3,(H,20,21). The molecule has 0 saturated carbocycles. The number of carbonyl (C=O) groups is 1. The van der Waals surface area contributed by atoms with Gasteiger partial charge < -0.3 is 5.11 Å². The van der Waals surface area contributed by atoms with Gasteiger partial charge in [-0.05, 0) is 18.2 Å². The second kappa shape index (κ2) is 5.81. The smallest absolute Gasteiger partial charge is 0.356 e. The Labute approximate surface area is 137 Å². The minimum atomic E-state index is -3.82. The van der Waals surface area contributed by atoms with Crippen LogP contribution in [0.25, 0.3) is 5.69 Å². The van der Waals surface area contributed by atoms with Crippen molar-refractivity contribution in [2.45, 2.75) is 4.90 Å². The van der Waals surface area contributed by atoms with E-state index in [1.165, 1.54) is 34.0 Å². The minimum Gasteiger partial charge on any atom is -0.476 e. The van der Waals surface area contributed by atoms with Crippen LogP contribution in [0.5, 0.6) is 0 Å². The number of carboxylic acids is 1. The third-order valence-corrected chi connectivity index (χ3v) is 4.51. The van der Waals surface area contributed by atoms with Gasteiger partial charge in [-0.2, -0.15) is 10.2 Å². The van der Waals surface area contributed by atoms with E-state index in [0.717, 1.165) is 0 Å². The third-order valence-electron chi connectivity index (χ3n) is 3.19. The van der Waals surface area contributed by atoms with Gasteiger partial charge in [-0.25, -0.2) is 17.9 Å². The van der Waals surface area contributed by atoms with Crippen molar-refractivity contribution in [2.24, 2.45) is 7.05 Å². The highest BCUT2D eigenvalue weighted by Crippen LogP contribution is 2.23. The molecule has 0 aliphatic heterocycles. The van der Waals surface area contributed by atoms with Gasteiger partial charge in [-0.3, -0.25) is 9.40 Å². The van der Waals surface area contributed by atoms with Crippen molar-refractivity contribution in [1.82, 2.24) is 19.6 Å². The first-order valence-electron chi connectivity index (χ1n) is 6.77. The maximum absolute atomic E-state index is 12.4. The number of para-hydroxylation sites is 2. The number of anilines is 1. The zero-order chi connectivity index (χ0) is 17.3. The number of sulfonamides is 1. The summed E-state index contributed by atoms with van der Waals surface area (Å²) in [4.78, 5) is 11.0. The summed E-state index contributed by atoms with van der Waals surface area (Å²) < 4.78 is 30.0. The van der Waals surface area contributed by atoms with Crippen molar-refractivity contribution in [3.63, 3.8) is 0 Å². The Morgan fingerprint density at radius 3 is 2.62 bits per heavy atom. The average molecular weight is 347 g/mol. The van der Waals surface area contributed by atoms with Crippen molar-refractivity contribution >= 4 is 21.7 Å². The largest absolute Gasteiger partial charge is 0.476 e. The predicted molar refractivity (Wildman–Crippen MR) is 84.5 cm³/mol. The molecule has 0 amide bonds. The summed E-state index contributed by atoms with van der Waals surface area (Å²) in [7, 11) is -2.21. The van der Waals surface area contributed by atoms with Crippen molar-refractivity contribution in [2.75, 3.05) is 4.72 Å². The topological polar surface area (TPSA) is 119 Å². The molecule has 10 heteroatoms. The summed E-state index contributed by atoms with van der Waals surface area (Å²) in [5.74, 6) is -1.16. The molecule has 0 unspecified atom stereocenters. The third kappa shape index (κ3) is 2.99. The lowest BCUT2D eigenvalue weighted by atomic mass is 10.3. The Hall–Kier alpha value is -3.14. The van der Waals surface area contributed by atoms with Crippen LogP contribution >= 0.6 is 0 Å². The van der Waals surface area contributed by atoms with Gasteiger partial charge in [0.05, 0.1) is 17.6 Å². The molecule has 24 heavy (non-hydrogen) atoms. The van der Waals surface area contributed by atoms with Crippen LogP contribution < -0.4 is 4.72 Å². The van der Waals surface area contributed by atoms with E-state index in [9.17, 15) is 13.2 Å². The van der Waals surface area contributed by atoms with Crippen molar-refractivity contribution in [3.8, 4) is 5.69 Å². The van der Waals surface area contributed by atoms with Crippen molar-refractivity contribution < 1.29 is 18.3 Å². The van der Waals surface area contributed by atoms with Crippen LogP contribution in [0, 0.1) is 0 Å². The van der Waals surface area contributed by atoms with E-state index in [0.29, 0.717) is 5.69 Å². The molecule has 9 nitrogen and oxygen atoms in total. The quantitative estimate of drug-likeness (QED) is 0.713. The molecule has 124 valence electrons. The molecule has 3 aromatic rings. The second-order valence-corrected chi connectivity index (χ2v) is 6.61. The first kappa shape index (κ1) is 15.7. The molecule has 0 aliphatic carbocycles. The molecule has 2 N–H and O–H groups in total. The van der Waals surface area contributed by atoms with Gasteiger partial charge in [-0.1, -0.05) is 12.1 Å². The highest BCUT2D eigenvalue weighted by molar-refractivity contribution is 7.92. The number of aromatic nitrogens is 4. The number of aromatic carboxylic acids is 1. The second-order valence-electron chi connectivity index (χ2n) is 4.92. The number of hydrogen-bond donors (Lipinski definition) is 2. The van der Waals surface area contributed by atoms with Crippen molar-refractivity contribution in [3.05, 3.63) is 54.6 Å². The first-order valence-corrected chi connectivity index (χ1v) is 8.25. The fourth-order valence-corrected chi connectivity index (χ4v) is 3.13. The summed E-state index contributed by atoms with van der Waals surface area (Å²) in [5.41, 5.74) is 0.527. The maximum Gasteiger partial charge on any atom is 0.356 e. The van der Waals surface area contributed by atoms with Gasteiger partial charge >= 0.3 is 5.97 Å². The van der Waals surface area contributed by atoms with E-state index in [1.54, 1.807) is 31.3 Å². The molecule has 0 radical (unpaired) electrons. The van der Waals surface area contributed by atoms with Gasteiger partial charge in [0, 0.05) is 19.4 Å². The van der Waals surface area contributed by atoms with E-state index in [4.69, 9.17) is 5.11 Å². The van der Waals surface area contributed by atoms with E-state index in [-0.39, 0.29) is 16.3 Å². The van der Waals surface area contributed by atoms with Gasteiger partial charge in [0.15, 0.2) is 5.69 Å². The normalized spacial score (nSPS) is 11.4. The Bertz CT molecular complexity index is 1010. The van der Waals surface area contributed by atoms with Crippen LogP contribution in [-0.2, 0) is 17.1 Å². The Balaban J connectivity index is 1.99.